The number of nitrogens with one attached hydrogen (secondary N) is 1. The molecule has 0 atom stereocenters. The largest absolute Gasteiger partial charge is 0.481 e. The number of rotatable bonds is 4. The highest BCUT2D eigenvalue weighted by Gasteiger charge is 2.39. The number of aliphatic carboxylic acids is 1. The second-order valence-corrected chi connectivity index (χ2v) is 4.60. The lowest BCUT2D eigenvalue weighted by atomic mass is 9.93. The first-order valence-electron chi connectivity index (χ1n) is 4.34. The van der Waals surface area contributed by atoms with E-state index in [2.05, 4.69) is 12.2 Å². The fraction of sp³-hybridized carbons (Fsp3) is 0.889. The Morgan fingerprint density at radius 3 is 2.42 bits per heavy atom. The van der Waals surface area contributed by atoms with Crippen molar-refractivity contribution in [3.63, 3.8) is 0 Å². The second kappa shape index (κ2) is 2.73. The van der Waals surface area contributed by atoms with Crippen LogP contribution in [-0.2, 0) is 4.79 Å². The molecule has 12 heavy (non-hydrogen) atoms. The number of carboxylic acids is 1. The Balaban J connectivity index is 2.35. The minimum absolute atomic E-state index is 0.229. The molecule has 1 saturated carbocycles. The Bertz CT molecular complexity index is 195. The van der Waals surface area contributed by atoms with Crippen molar-refractivity contribution < 1.29 is 9.90 Å². The van der Waals surface area contributed by atoms with E-state index in [0.717, 1.165) is 0 Å². The van der Waals surface area contributed by atoms with Crippen LogP contribution < -0.4 is 5.32 Å². The van der Waals surface area contributed by atoms with E-state index in [-0.39, 0.29) is 5.54 Å². The average Bonchev–Trinajstić information content (AvgIpc) is 2.66. The molecule has 0 heterocycles. The summed E-state index contributed by atoms with van der Waals surface area (Å²) < 4.78 is 0. The molecule has 1 rings (SSSR count). The molecule has 0 saturated heterocycles. The van der Waals surface area contributed by atoms with Crippen molar-refractivity contribution in [3.8, 4) is 0 Å². The Morgan fingerprint density at radius 2 is 2.08 bits per heavy atom. The lowest BCUT2D eigenvalue weighted by molar-refractivity contribution is -0.146. The average molecular weight is 171 g/mol. The summed E-state index contributed by atoms with van der Waals surface area (Å²) in [6.45, 7) is 6.17. The van der Waals surface area contributed by atoms with Gasteiger partial charge in [0.1, 0.15) is 0 Å². The molecule has 2 N–H and O–H groups in total. The van der Waals surface area contributed by atoms with Gasteiger partial charge in [-0.3, -0.25) is 4.79 Å². The van der Waals surface area contributed by atoms with Crippen LogP contribution in [-0.4, -0.2) is 23.2 Å². The Labute approximate surface area is 73.2 Å². The molecule has 1 aliphatic rings. The Hall–Kier alpha value is -0.570. The predicted molar refractivity (Wildman–Crippen MR) is 47.1 cm³/mol. The van der Waals surface area contributed by atoms with Crippen LogP contribution in [0.1, 0.15) is 33.6 Å². The molecule has 0 aromatic heterocycles. The third-order valence-corrected chi connectivity index (χ3v) is 2.54. The Kier molecular flexibility index (Phi) is 2.17. The molecule has 70 valence electrons. The maximum absolute atomic E-state index is 10.7. The Morgan fingerprint density at radius 1 is 1.58 bits per heavy atom. The third kappa shape index (κ3) is 2.21. The summed E-state index contributed by atoms with van der Waals surface area (Å²) >= 11 is 0. The van der Waals surface area contributed by atoms with E-state index in [1.807, 2.05) is 0 Å². The molecule has 0 aromatic rings. The van der Waals surface area contributed by atoms with Gasteiger partial charge in [0, 0.05) is 12.1 Å². The van der Waals surface area contributed by atoms with Crippen molar-refractivity contribution >= 4 is 5.97 Å². The van der Waals surface area contributed by atoms with Crippen LogP contribution in [0.4, 0.5) is 0 Å². The van der Waals surface area contributed by atoms with Crippen LogP contribution in [0.2, 0.25) is 0 Å². The molecule has 0 unspecified atom stereocenters. The van der Waals surface area contributed by atoms with E-state index in [0.29, 0.717) is 6.54 Å². The molecule has 0 bridgehead atoms. The van der Waals surface area contributed by atoms with Crippen LogP contribution in [0.3, 0.4) is 0 Å². The summed E-state index contributed by atoms with van der Waals surface area (Å²) in [6, 6.07) is 0. The third-order valence-electron chi connectivity index (χ3n) is 2.54. The van der Waals surface area contributed by atoms with Gasteiger partial charge < -0.3 is 10.4 Å². The zero-order valence-electron chi connectivity index (χ0n) is 7.98. The van der Waals surface area contributed by atoms with Gasteiger partial charge in [0.25, 0.3) is 0 Å². The van der Waals surface area contributed by atoms with Gasteiger partial charge in [-0.25, -0.2) is 0 Å². The van der Waals surface area contributed by atoms with E-state index in [9.17, 15) is 4.79 Å². The van der Waals surface area contributed by atoms with E-state index in [1.54, 1.807) is 13.8 Å². The predicted octanol–water partition coefficient (Wildman–Crippen LogP) is 1.24. The first-order valence-corrected chi connectivity index (χ1v) is 4.34. The van der Waals surface area contributed by atoms with Crippen molar-refractivity contribution in [2.24, 2.45) is 5.41 Å². The summed E-state index contributed by atoms with van der Waals surface area (Å²) in [6.07, 6.45) is 2.34. The normalized spacial score (nSPS) is 20.6. The van der Waals surface area contributed by atoms with E-state index >= 15 is 0 Å². The van der Waals surface area contributed by atoms with Crippen LogP contribution in [0, 0.1) is 5.41 Å². The van der Waals surface area contributed by atoms with Gasteiger partial charge in [-0.05, 0) is 33.6 Å². The van der Waals surface area contributed by atoms with Crippen LogP contribution in [0.5, 0.6) is 0 Å². The van der Waals surface area contributed by atoms with Crippen molar-refractivity contribution in [2.75, 3.05) is 6.54 Å². The number of hydrogen-bond donors (Lipinski definition) is 2. The number of carbonyl (C=O) groups is 1. The lowest BCUT2D eigenvalue weighted by Gasteiger charge is -2.22. The topological polar surface area (TPSA) is 49.3 Å². The smallest absolute Gasteiger partial charge is 0.310 e. The van der Waals surface area contributed by atoms with Crippen molar-refractivity contribution in [2.45, 2.75) is 39.2 Å². The van der Waals surface area contributed by atoms with Crippen molar-refractivity contribution in [3.05, 3.63) is 0 Å². The lowest BCUT2D eigenvalue weighted by Crippen LogP contribution is -2.40. The molecule has 1 fully saturated rings. The highest BCUT2D eigenvalue weighted by atomic mass is 16.4. The monoisotopic (exact) mass is 171 g/mol. The summed E-state index contributed by atoms with van der Waals surface area (Å²) in [5, 5.41) is 12.1. The molecule has 3 nitrogen and oxygen atoms in total. The molecular weight excluding hydrogens is 154 g/mol. The fourth-order valence-corrected chi connectivity index (χ4v) is 0.874. The van der Waals surface area contributed by atoms with E-state index in [4.69, 9.17) is 5.11 Å². The van der Waals surface area contributed by atoms with Gasteiger partial charge in [-0.2, -0.15) is 0 Å². The molecule has 1 aliphatic carbocycles. The summed E-state index contributed by atoms with van der Waals surface area (Å²) in [7, 11) is 0. The minimum atomic E-state index is -0.737. The van der Waals surface area contributed by atoms with Gasteiger partial charge in [-0.15, -0.1) is 0 Å². The van der Waals surface area contributed by atoms with Gasteiger partial charge in [0.05, 0.1) is 5.41 Å². The van der Waals surface area contributed by atoms with Gasteiger partial charge in [0.15, 0.2) is 0 Å². The van der Waals surface area contributed by atoms with Crippen LogP contribution >= 0.6 is 0 Å². The van der Waals surface area contributed by atoms with Gasteiger partial charge in [-0.1, -0.05) is 0 Å². The standard InChI is InChI=1S/C9H17NO2/c1-8(2,7(11)12)6-10-9(3)4-5-9/h10H,4-6H2,1-3H3,(H,11,12). The van der Waals surface area contributed by atoms with Crippen molar-refractivity contribution in [1.29, 1.82) is 0 Å². The van der Waals surface area contributed by atoms with Crippen LogP contribution in [0.15, 0.2) is 0 Å². The molecule has 0 spiro atoms. The molecule has 0 amide bonds. The van der Waals surface area contributed by atoms with Gasteiger partial charge in [0.2, 0.25) is 0 Å². The minimum Gasteiger partial charge on any atom is -0.481 e. The number of hydrogen-bond acceptors (Lipinski definition) is 2. The summed E-state index contributed by atoms with van der Waals surface area (Å²) in [5.41, 5.74) is -0.418. The maximum atomic E-state index is 10.7. The molecule has 0 radical (unpaired) electrons. The summed E-state index contributed by atoms with van der Waals surface area (Å²) in [4.78, 5) is 10.7. The highest BCUT2D eigenvalue weighted by Crippen LogP contribution is 2.35. The molecule has 3 heteroatoms. The van der Waals surface area contributed by atoms with Crippen molar-refractivity contribution in [1.82, 2.24) is 5.32 Å². The maximum Gasteiger partial charge on any atom is 0.310 e. The van der Waals surface area contributed by atoms with Gasteiger partial charge >= 0.3 is 5.97 Å². The zero-order valence-corrected chi connectivity index (χ0v) is 7.98. The highest BCUT2D eigenvalue weighted by molar-refractivity contribution is 5.73. The van der Waals surface area contributed by atoms with Crippen LogP contribution in [0.25, 0.3) is 0 Å². The van der Waals surface area contributed by atoms with E-state index in [1.165, 1.54) is 12.8 Å². The fourth-order valence-electron chi connectivity index (χ4n) is 0.874. The quantitative estimate of drug-likeness (QED) is 0.669. The summed E-state index contributed by atoms with van der Waals surface area (Å²) in [5.74, 6) is -0.737. The second-order valence-electron chi connectivity index (χ2n) is 4.60. The molecule has 0 aliphatic heterocycles. The van der Waals surface area contributed by atoms with E-state index < -0.39 is 11.4 Å². The first-order chi connectivity index (χ1) is 5.36. The molecular formula is C9H17NO2. The zero-order chi connectivity index (χ0) is 9.41. The molecule has 0 aromatic carbocycles. The first kappa shape index (κ1) is 9.52. The SMILES string of the molecule is CC1(NCC(C)(C)C(=O)O)CC1. The number of carboxylic acid groups (broad SMARTS) is 1.